The first-order valence-corrected chi connectivity index (χ1v) is 5.98. The molecule has 1 saturated heterocycles. The van der Waals surface area contributed by atoms with Crippen molar-refractivity contribution in [3.8, 4) is 0 Å². The summed E-state index contributed by atoms with van der Waals surface area (Å²) in [5.74, 6) is 0. The molecule has 16 heavy (non-hydrogen) atoms. The Kier molecular flexibility index (Phi) is 3.04. The molecule has 0 spiro atoms. The van der Waals surface area contributed by atoms with Crippen molar-refractivity contribution in [2.24, 2.45) is 5.73 Å². The smallest absolute Gasteiger partial charge is 0.0949 e. The zero-order valence-electron chi connectivity index (χ0n) is 10.5. The maximum Gasteiger partial charge on any atom is 0.0949 e. The van der Waals surface area contributed by atoms with E-state index in [9.17, 15) is 0 Å². The fraction of sp³-hybridized carbons (Fsp3) is 0.750. The van der Waals surface area contributed by atoms with Gasteiger partial charge in [-0.05, 0) is 40.3 Å². The summed E-state index contributed by atoms with van der Waals surface area (Å²) in [4.78, 5) is 6.64. The molecule has 1 unspecified atom stereocenters. The van der Waals surface area contributed by atoms with Crippen LogP contribution in [0, 0.1) is 0 Å². The molecular weight excluding hydrogens is 200 g/mol. The minimum Gasteiger partial charge on any atom is -0.331 e. The molecule has 1 aromatic rings. The number of nitrogens with two attached hydrogens (primary N) is 1. The third kappa shape index (κ3) is 2.28. The van der Waals surface area contributed by atoms with Gasteiger partial charge in [-0.25, -0.2) is 4.98 Å². The summed E-state index contributed by atoms with van der Waals surface area (Å²) >= 11 is 0. The van der Waals surface area contributed by atoms with E-state index in [2.05, 4.69) is 21.5 Å². The van der Waals surface area contributed by atoms with Gasteiger partial charge in [0.15, 0.2) is 0 Å². The van der Waals surface area contributed by atoms with Gasteiger partial charge in [0.25, 0.3) is 0 Å². The molecule has 0 saturated carbocycles. The molecule has 0 aliphatic carbocycles. The van der Waals surface area contributed by atoms with E-state index in [1.165, 1.54) is 19.4 Å². The topological polar surface area (TPSA) is 47.1 Å². The Bertz CT molecular complexity index is 350. The second kappa shape index (κ2) is 4.18. The SMILES string of the molecule is CN1CCCC1Cn1cncc1C(C)(C)N. The predicted octanol–water partition coefficient (Wildman–Crippen LogP) is 1.17. The summed E-state index contributed by atoms with van der Waals surface area (Å²) in [5, 5.41) is 0. The minimum absolute atomic E-state index is 0.312. The van der Waals surface area contributed by atoms with Crippen LogP contribution in [0.5, 0.6) is 0 Å². The molecular formula is C12H22N4. The summed E-state index contributed by atoms with van der Waals surface area (Å²) in [6.07, 6.45) is 6.36. The van der Waals surface area contributed by atoms with Crippen LogP contribution in [0.3, 0.4) is 0 Å². The van der Waals surface area contributed by atoms with Gasteiger partial charge in [0, 0.05) is 18.8 Å². The molecule has 2 N–H and O–H groups in total. The normalized spacial score (nSPS) is 22.9. The number of aromatic nitrogens is 2. The van der Waals surface area contributed by atoms with E-state index in [0.29, 0.717) is 6.04 Å². The van der Waals surface area contributed by atoms with Crippen LogP contribution in [0.4, 0.5) is 0 Å². The molecule has 2 rings (SSSR count). The molecule has 0 radical (unpaired) electrons. The standard InChI is InChI=1S/C12H22N4/c1-12(2,13)11-7-14-9-16(11)8-10-5-4-6-15(10)3/h7,9-10H,4-6,8,13H2,1-3H3. The number of rotatable bonds is 3. The van der Waals surface area contributed by atoms with Gasteiger partial charge in [0.05, 0.1) is 17.6 Å². The number of likely N-dealkylation sites (tertiary alicyclic amines) is 1. The summed E-state index contributed by atoms with van der Waals surface area (Å²) < 4.78 is 2.20. The van der Waals surface area contributed by atoms with Crippen molar-refractivity contribution in [1.82, 2.24) is 14.5 Å². The highest BCUT2D eigenvalue weighted by atomic mass is 15.2. The van der Waals surface area contributed by atoms with Gasteiger partial charge in [-0.2, -0.15) is 0 Å². The van der Waals surface area contributed by atoms with Crippen molar-refractivity contribution in [2.75, 3.05) is 13.6 Å². The van der Waals surface area contributed by atoms with Crippen LogP contribution in [0.15, 0.2) is 12.5 Å². The largest absolute Gasteiger partial charge is 0.331 e. The highest BCUT2D eigenvalue weighted by Crippen LogP contribution is 2.21. The average molecular weight is 222 g/mol. The zero-order chi connectivity index (χ0) is 11.8. The molecule has 1 fully saturated rings. The molecule has 1 aliphatic heterocycles. The van der Waals surface area contributed by atoms with Gasteiger partial charge < -0.3 is 15.2 Å². The summed E-state index contributed by atoms with van der Waals surface area (Å²) in [7, 11) is 2.20. The van der Waals surface area contributed by atoms with Crippen molar-refractivity contribution in [3.05, 3.63) is 18.2 Å². The van der Waals surface area contributed by atoms with E-state index in [-0.39, 0.29) is 5.54 Å². The highest BCUT2D eigenvalue weighted by Gasteiger charge is 2.24. The van der Waals surface area contributed by atoms with Crippen LogP contribution in [-0.2, 0) is 12.1 Å². The van der Waals surface area contributed by atoms with E-state index < -0.39 is 0 Å². The van der Waals surface area contributed by atoms with Crippen molar-refractivity contribution in [1.29, 1.82) is 0 Å². The van der Waals surface area contributed by atoms with E-state index in [4.69, 9.17) is 5.73 Å². The lowest BCUT2D eigenvalue weighted by Gasteiger charge is -2.25. The minimum atomic E-state index is -0.312. The maximum absolute atomic E-state index is 6.14. The monoisotopic (exact) mass is 222 g/mol. The summed E-state index contributed by atoms with van der Waals surface area (Å²) in [6.45, 7) is 6.27. The molecule has 0 amide bonds. The molecule has 2 heterocycles. The molecule has 1 aromatic heterocycles. The lowest BCUT2D eigenvalue weighted by molar-refractivity contribution is 0.276. The molecule has 1 aliphatic rings. The first-order chi connectivity index (χ1) is 7.48. The van der Waals surface area contributed by atoms with Gasteiger partial charge in [-0.3, -0.25) is 0 Å². The van der Waals surface area contributed by atoms with Gasteiger partial charge in [-0.15, -0.1) is 0 Å². The summed E-state index contributed by atoms with van der Waals surface area (Å²) in [5.41, 5.74) is 6.94. The number of hydrogen-bond donors (Lipinski definition) is 1. The second-order valence-corrected chi connectivity index (χ2v) is 5.43. The number of imidazole rings is 1. The zero-order valence-corrected chi connectivity index (χ0v) is 10.5. The third-order valence-corrected chi connectivity index (χ3v) is 3.45. The number of hydrogen-bond acceptors (Lipinski definition) is 3. The van der Waals surface area contributed by atoms with E-state index >= 15 is 0 Å². The van der Waals surface area contributed by atoms with Crippen LogP contribution >= 0.6 is 0 Å². The quantitative estimate of drug-likeness (QED) is 0.835. The Hall–Kier alpha value is -0.870. The molecule has 0 aromatic carbocycles. The Morgan fingerprint density at radius 3 is 2.88 bits per heavy atom. The van der Waals surface area contributed by atoms with E-state index in [1.807, 2.05) is 26.4 Å². The molecule has 4 nitrogen and oxygen atoms in total. The van der Waals surface area contributed by atoms with Crippen LogP contribution in [-0.4, -0.2) is 34.1 Å². The van der Waals surface area contributed by atoms with Crippen LogP contribution in [0.1, 0.15) is 32.4 Å². The third-order valence-electron chi connectivity index (χ3n) is 3.45. The molecule has 1 atom stereocenters. The molecule has 4 heteroatoms. The van der Waals surface area contributed by atoms with Gasteiger partial charge in [-0.1, -0.05) is 0 Å². The number of likely N-dealkylation sites (N-methyl/N-ethyl adjacent to an activating group) is 1. The van der Waals surface area contributed by atoms with Gasteiger partial charge in [0.1, 0.15) is 0 Å². The predicted molar refractivity (Wildman–Crippen MR) is 65.1 cm³/mol. The van der Waals surface area contributed by atoms with Crippen LogP contribution in [0.2, 0.25) is 0 Å². The van der Waals surface area contributed by atoms with E-state index in [1.54, 1.807) is 0 Å². The molecule has 0 bridgehead atoms. The lowest BCUT2D eigenvalue weighted by Crippen LogP contribution is -2.35. The van der Waals surface area contributed by atoms with Crippen molar-refractivity contribution < 1.29 is 0 Å². The second-order valence-electron chi connectivity index (χ2n) is 5.43. The van der Waals surface area contributed by atoms with Crippen LogP contribution in [0.25, 0.3) is 0 Å². The highest BCUT2D eigenvalue weighted by molar-refractivity contribution is 5.10. The molecule has 90 valence electrons. The van der Waals surface area contributed by atoms with Crippen molar-refractivity contribution in [3.63, 3.8) is 0 Å². The summed E-state index contributed by atoms with van der Waals surface area (Å²) in [6, 6.07) is 0.635. The Balaban J connectivity index is 2.13. The Morgan fingerprint density at radius 2 is 2.31 bits per heavy atom. The van der Waals surface area contributed by atoms with Gasteiger partial charge in [0.2, 0.25) is 0 Å². The van der Waals surface area contributed by atoms with Crippen LogP contribution < -0.4 is 5.73 Å². The lowest BCUT2D eigenvalue weighted by atomic mass is 10.0. The number of nitrogens with zero attached hydrogens (tertiary/aromatic N) is 3. The Morgan fingerprint density at radius 1 is 1.56 bits per heavy atom. The van der Waals surface area contributed by atoms with Crippen molar-refractivity contribution in [2.45, 2.75) is 44.8 Å². The fourth-order valence-corrected chi connectivity index (χ4v) is 2.44. The fourth-order valence-electron chi connectivity index (χ4n) is 2.44. The first-order valence-electron chi connectivity index (χ1n) is 5.98. The maximum atomic E-state index is 6.14. The Labute approximate surface area is 97.4 Å². The average Bonchev–Trinajstić information content (AvgIpc) is 2.76. The van der Waals surface area contributed by atoms with E-state index in [0.717, 1.165) is 12.2 Å². The van der Waals surface area contributed by atoms with Crippen molar-refractivity contribution >= 4 is 0 Å². The first kappa shape index (κ1) is 11.6. The van der Waals surface area contributed by atoms with Gasteiger partial charge >= 0.3 is 0 Å².